The van der Waals surface area contributed by atoms with E-state index in [4.69, 9.17) is 4.74 Å². The number of amides is 3. The Kier molecular flexibility index (Phi) is 5.11. The third-order valence-electron chi connectivity index (χ3n) is 6.37. The number of amidine groups is 1. The lowest BCUT2D eigenvalue weighted by molar-refractivity contribution is -0.132. The van der Waals surface area contributed by atoms with Crippen LogP contribution < -0.4 is 9.64 Å². The Morgan fingerprint density at radius 2 is 1.88 bits per heavy atom. The normalized spacial score (nSPS) is 22.5. The minimum atomic E-state index is -0.226. The number of nitrogens with zero attached hydrogens (tertiary/aromatic N) is 6. The van der Waals surface area contributed by atoms with Gasteiger partial charge >= 0.3 is 6.03 Å². The van der Waals surface area contributed by atoms with E-state index in [-0.39, 0.29) is 18.5 Å². The van der Waals surface area contributed by atoms with Crippen LogP contribution >= 0.6 is 0 Å². The molecule has 0 saturated carbocycles. The third-order valence-corrected chi connectivity index (χ3v) is 6.37. The maximum atomic E-state index is 13.4. The molecular formula is C23H28N6O3. The van der Waals surface area contributed by atoms with Crippen molar-refractivity contribution >= 4 is 23.6 Å². The fraction of sp³-hybridized carbons (Fsp3) is 0.478. The summed E-state index contributed by atoms with van der Waals surface area (Å²) in [7, 11) is 1.62. The summed E-state index contributed by atoms with van der Waals surface area (Å²) in [5.74, 6) is 2.83. The summed E-state index contributed by atoms with van der Waals surface area (Å²) in [4.78, 5) is 36.4. The van der Waals surface area contributed by atoms with Crippen molar-refractivity contribution in [3.8, 4) is 11.4 Å². The minimum absolute atomic E-state index is 0.0170. The minimum Gasteiger partial charge on any atom is -0.497 e. The number of aromatic nitrogens is 2. The molecule has 0 spiro atoms. The third kappa shape index (κ3) is 3.41. The number of urea groups is 1. The van der Waals surface area contributed by atoms with Crippen LogP contribution in [0.3, 0.4) is 0 Å². The van der Waals surface area contributed by atoms with Crippen LogP contribution in [0.25, 0.3) is 5.69 Å². The van der Waals surface area contributed by atoms with Crippen molar-refractivity contribution in [2.24, 2.45) is 16.8 Å². The second-order valence-corrected chi connectivity index (χ2v) is 8.96. The molecule has 32 heavy (non-hydrogen) atoms. The lowest BCUT2D eigenvalue weighted by Gasteiger charge is -2.38. The summed E-state index contributed by atoms with van der Waals surface area (Å²) in [6.07, 6.45) is 2.85. The smallest absolute Gasteiger partial charge is 0.331 e. The van der Waals surface area contributed by atoms with Gasteiger partial charge in [0, 0.05) is 19.6 Å². The van der Waals surface area contributed by atoms with Gasteiger partial charge in [-0.2, -0.15) is 5.10 Å². The van der Waals surface area contributed by atoms with Gasteiger partial charge in [-0.1, -0.05) is 13.8 Å². The molecule has 2 aromatic rings. The maximum Gasteiger partial charge on any atom is 0.331 e. The molecule has 1 aromatic carbocycles. The monoisotopic (exact) mass is 436 g/mol. The number of ether oxygens (including phenoxy) is 1. The highest BCUT2D eigenvalue weighted by molar-refractivity contribution is 6.20. The van der Waals surface area contributed by atoms with E-state index in [1.54, 1.807) is 27.8 Å². The van der Waals surface area contributed by atoms with Crippen LogP contribution in [-0.4, -0.2) is 77.2 Å². The predicted molar refractivity (Wildman–Crippen MR) is 120 cm³/mol. The molecule has 1 aromatic heterocycles. The van der Waals surface area contributed by atoms with Gasteiger partial charge in [0.05, 0.1) is 31.1 Å². The first-order valence-corrected chi connectivity index (χ1v) is 11.1. The Bertz CT molecular complexity index is 1070. The Hall–Kier alpha value is -3.36. The fourth-order valence-corrected chi connectivity index (χ4v) is 5.02. The predicted octanol–water partition coefficient (Wildman–Crippen LogP) is 2.39. The fourth-order valence-electron chi connectivity index (χ4n) is 5.02. The van der Waals surface area contributed by atoms with Crippen molar-refractivity contribution in [1.82, 2.24) is 19.6 Å². The van der Waals surface area contributed by atoms with Crippen molar-refractivity contribution in [2.45, 2.75) is 20.3 Å². The summed E-state index contributed by atoms with van der Waals surface area (Å²) < 4.78 is 6.97. The lowest BCUT2D eigenvalue weighted by atomic mass is 9.92. The quantitative estimate of drug-likeness (QED) is 0.737. The molecule has 5 rings (SSSR count). The van der Waals surface area contributed by atoms with E-state index in [2.05, 4.69) is 23.9 Å². The molecule has 0 bridgehead atoms. The van der Waals surface area contributed by atoms with E-state index in [0.717, 1.165) is 36.5 Å². The number of methoxy groups -OCH3 is 1. The maximum absolute atomic E-state index is 13.4. The summed E-state index contributed by atoms with van der Waals surface area (Å²) in [6.45, 7) is 6.86. The number of hydrogen-bond donors (Lipinski definition) is 0. The Labute approximate surface area is 187 Å². The molecule has 0 N–H and O–H groups in total. The number of benzene rings is 1. The van der Waals surface area contributed by atoms with E-state index in [1.165, 1.54) is 0 Å². The average Bonchev–Trinajstić information content (AvgIpc) is 3.43. The standard InChI is InChI=1S/C23H28N6O3/c1-15-10-16(2)13-26(12-15)20(30)14-28-22-19(21-24-8-9-27(21)23(28)31)11-25-29(22)17-4-6-18(32-3)7-5-17/h4-7,11,15-16H,8-10,12-14H2,1-3H3/t15-,16+. The van der Waals surface area contributed by atoms with Crippen LogP contribution in [0.2, 0.25) is 0 Å². The molecule has 0 radical (unpaired) electrons. The van der Waals surface area contributed by atoms with Crippen molar-refractivity contribution in [3.05, 3.63) is 36.0 Å². The summed E-state index contributed by atoms with van der Waals surface area (Å²) in [5, 5.41) is 4.56. The summed E-state index contributed by atoms with van der Waals surface area (Å²) in [6, 6.07) is 7.23. The average molecular weight is 437 g/mol. The zero-order valence-corrected chi connectivity index (χ0v) is 18.7. The van der Waals surface area contributed by atoms with Gasteiger partial charge in [-0.25, -0.2) is 9.48 Å². The van der Waals surface area contributed by atoms with Crippen molar-refractivity contribution < 1.29 is 14.3 Å². The first-order chi connectivity index (χ1) is 15.5. The summed E-state index contributed by atoms with van der Waals surface area (Å²) in [5.41, 5.74) is 1.55. The van der Waals surface area contributed by atoms with Gasteiger partial charge in [0.1, 0.15) is 18.1 Å². The number of fused-ring (bicyclic) bond motifs is 3. The van der Waals surface area contributed by atoms with Crippen LogP contribution in [0.15, 0.2) is 35.5 Å². The second kappa shape index (κ2) is 7.96. The molecule has 3 aliphatic heterocycles. The van der Waals surface area contributed by atoms with Gasteiger partial charge in [0.25, 0.3) is 0 Å². The van der Waals surface area contributed by atoms with Crippen LogP contribution in [0.1, 0.15) is 25.8 Å². The molecule has 0 aliphatic carbocycles. The lowest BCUT2D eigenvalue weighted by Crippen LogP contribution is -2.54. The Morgan fingerprint density at radius 3 is 2.56 bits per heavy atom. The van der Waals surface area contributed by atoms with Crippen LogP contribution in [0, 0.1) is 11.8 Å². The van der Waals surface area contributed by atoms with Crippen LogP contribution in [-0.2, 0) is 4.79 Å². The summed E-state index contributed by atoms with van der Waals surface area (Å²) >= 11 is 0. The van der Waals surface area contributed by atoms with Gasteiger partial charge in [-0.15, -0.1) is 0 Å². The largest absolute Gasteiger partial charge is 0.497 e. The highest BCUT2D eigenvalue weighted by Crippen LogP contribution is 2.33. The molecule has 9 nitrogen and oxygen atoms in total. The number of carbonyl (C=O) groups excluding carboxylic acids is 2. The number of anilines is 1. The molecule has 2 atom stereocenters. The van der Waals surface area contributed by atoms with Crippen molar-refractivity contribution in [2.75, 3.05) is 44.7 Å². The van der Waals surface area contributed by atoms with Crippen LogP contribution in [0.4, 0.5) is 10.6 Å². The number of aliphatic imine (C=N–C) groups is 1. The van der Waals surface area contributed by atoms with Gasteiger partial charge in [-0.05, 0) is 42.5 Å². The SMILES string of the molecule is COc1ccc(-n2ncc3c2N(CC(=O)N2C[C@H](C)C[C@H](C)C2)C(=O)N2CCN=C32)cc1. The number of rotatable bonds is 4. The van der Waals surface area contributed by atoms with E-state index < -0.39 is 0 Å². The number of hydrogen-bond acceptors (Lipinski definition) is 5. The molecular weight excluding hydrogens is 408 g/mol. The molecule has 1 fully saturated rings. The molecule has 9 heteroatoms. The van der Waals surface area contributed by atoms with E-state index >= 15 is 0 Å². The first-order valence-electron chi connectivity index (χ1n) is 11.1. The number of carbonyl (C=O) groups is 2. The van der Waals surface area contributed by atoms with Crippen LogP contribution in [0.5, 0.6) is 5.75 Å². The van der Waals surface area contributed by atoms with E-state index in [9.17, 15) is 9.59 Å². The van der Waals surface area contributed by atoms with E-state index in [1.807, 2.05) is 29.2 Å². The van der Waals surface area contributed by atoms with Gasteiger partial charge in [0.15, 0.2) is 5.82 Å². The first kappa shape index (κ1) is 20.5. The molecule has 3 aliphatic rings. The van der Waals surface area contributed by atoms with Gasteiger partial charge < -0.3 is 9.64 Å². The number of piperidine rings is 1. The second-order valence-electron chi connectivity index (χ2n) is 8.96. The Balaban J connectivity index is 1.51. The number of likely N-dealkylation sites (tertiary alicyclic amines) is 1. The van der Waals surface area contributed by atoms with Gasteiger partial charge in [0.2, 0.25) is 5.91 Å². The van der Waals surface area contributed by atoms with Crippen molar-refractivity contribution in [1.29, 1.82) is 0 Å². The molecule has 1 saturated heterocycles. The molecule has 168 valence electrons. The van der Waals surface area contributed by atoms with Gasteiger partial charge in [-0.3, -0.25) is 19.6 Å². The van der Waals surface area contributed by atoms with Crippen molar-refractivity contribution in [3.63, 3.8) is 0 Å². The zero-order chi connectivity index (χ0) is 22.4. The molecule has 3 amide bonds. The topological polar surface area (TPSA) is 83.3 Å². The molecule has 4 heterocycles. The zero-order valence-electron chi connectivity index (χ0n) is 18.7. The highest BCUT2D eigenvalue weighted by atomic mass is 16.5. The molecule has 0 unspecified atom stereocenters. The van der Waals surface area contributed by atoms with E-state index in [0.29, 0.717) is 36.6 Å². The Morgan fingerprint density at radius 1 is 1.16 bits per heavy atom. The highest BCUT2D eigenvalue weighted by Gasteiger charge is 2.42.